The molecule has 1 fully saturated rings. The molecule has 3 aromatic rings. The Morgan fingerprint density at radius 2 is 1.75 bits per heavy atom. The summed E-state index contributed by atoms with van der Waals surface area (Å²) < 4.78 is 11.4. The molecule has 3 heteroatoms. The summed E-state index contributed by atoms with van der Waals surface area (Å²) in [7, 11) is 1.76. The molecule has 0 radical (unpaired) electrons. The second-order valence-electron chi connectivity index (χ2n) is 9.19. The molecule has 0 heterocycles. The molecule has 0 saturated heterocycles. The van der Waals surface area contributed by atoms with E-state index in [9.17, 15) is 0 Å². The van der Waals surface area contributed by atoms with E-state index in [0.717, 1.165) is 18.0 Å². The lowest BCUT2D eigenvalue weighted by atomic mass is 9.81. The molecule has 0 amide bonds. The van der Waals surface area contributed by atoms with Gasteiger partial charge in [-0.25, -0.2) is 0 Å². The minimum absolute atomic E-state index is 0.611. The number of methoxy groups -OCH3 is 1. The van der Waals surface area contributed by atoms with Gasteiger partial charge in [-0.3, -0.25) is 0 Å². The van der Waals surface area contributed by atoms with E-state index in [1.807, 2.05) is 18.2 Å². The maximum atomic E-state index is 5.93. The summed E-state index contributed by atoms with van der Waals surface area (Å²) in [5.74, 6) is 3.22. The fourth-order valence-corrected chi connectivity index (χ4v) is 5.09. The molecule has 0 aliphatic heterocycles. The van der Waals surface area contributed by atoms with E-state index in [0.29, 0.717) is 24.5 Å². The highest BCUT2D eigenvalue weighted by Gasteiger charge is 2.37. The van der Waals surface area contributed by atoms with Gasteiger partial charge in [-0.2, -0.15) is 0 Å². The number of rotatable bonds is 9. The molecule has 1 N–H and O–H groups in total. The normalized spacial score (nSPS) is 21.6. The average molecular weight is 428 g/mol. The van der Waals surface area contributed by atoms with Crippen LogP contribution in [0, 0.1) is 0 Å². The lowest BCUT2D eigenvalue weighted by molar-refractivity contribution is 0.306. The van der Waals surface area contributed by atoms with Crippen molar-refractivity contribution in [2.75, 3.05) is 13.7 Å². The first-order valence-corrected chi connectivity index (χ1v) is 12.0. The molecule has 2 aliphatic carbocycles. The minimum atomic E-state index is 0.611. The molecule has 1 unspecified atom stereocenters. The van der Waals surface area contributed by atoms with E-state index in [-0.39, 0.29) is 0 Å². The van der Waals surface area contributed by atoms with Crippen LogP contribution >= 0.6 is 0 Å². The minimum Gasteiger partial charge on any atom is -0.497 e. The number of ether oxygens (including phenoxy) is 2. The number of hydrogen-bond donors (Lipinski definition) is 1. The second-order valence-corrected chi connectivity index (χ2v) is 9.19. The topological polar surface area (TPSA) is 30.5 Å². The number of benzene rings is 3. The van der Waals surface area contributed by atoms with Crippen LogP contribution in [0.3, 0.4) is 0 Å². The van der Waals surface area contributed by atoms with Gasteiger partial charge in [-0.1, -0.05) is 48.5 Å². The van der Waals surface area contributed by atoms with E-state index < -0.39 is 0 Å². The Kier molecular flexibility index (Phi) is 6.45. The zero-order valence-corrected chi connectivity index (χ0v) is 18.9. The van der Waals surface area contributed by atoms with Crippen LogP contribution in [0.15, 0.2) is 72.8 Å². The van der Waals surface area contributed by atoms with Crippen molar-refractivity contribution in [2.24, 2.45) is 0 Å². The van der Waals surface area contributed by atoms with Gasteiger partial charge in [0.15, 0.2) is 0 Å². The third-order valence-corrected chi connectivity index (χ3v) is 7.04. The number of fused-ring (bicyclic) bond motifs is 1. The molecule has 0 aromatic heterocycles. The smallest absolute Gasteiger partial charge is 0.119 e. The van der Waals surface area contributed by atoms with Crippen molar-refractivity contribution < 1.29 is 9.47 Å². The predicted octanol–water partition coefficient (Wildman–Crippen LogP) is 6.23. The molecule has 32 heavy (non-hydrogen) atoms. The second kappa shape index (κ2) is 9.79. The maximum Gasteiger partial charge on any atom is 0.119 e. The highest BCUT2D eigenvalue weighted by molar-refractivity contribution is 5.39. The summed E-state index contributed by atoms with van der Waals surface area (Å²) in [6.07, 6.45) is 6.24. The first-order chi connectivity index (χ1) is 15.8. The fourth-order valence-electron chi connectivity index (χ4n) is 5.09. The highest BCUT2D eigenvalue weighted by atomic mass is 16.5. The zero-order valence-electron chi connectivity index (χ0n) is 18.9. The SMILES string of the molecule is COc1ccc2c(c1)C(CCN[C@H]1C[C@@H]1c1ccc(OCc3ccccc3)cc1)CCC2. The summed E-state index contributed by atoms with van der Waals surface area (Å²) in [6, 6.07) is 26.2. The number of aryl methyl sites for hydroxylation is 1. The quantitative estimate of drug-likeness (QED) is 0.439. The van der Waals surface area contributed by atoms with Gasteiger partial charge in [0, 0.05) is 12.0 Å². The number of nitrogens with one attached hydrogen (secondary N) is 1. The van der Waals surface area contributed by atoms with Crippen molar-refractivity contribution in [3.8, 4) is 11.5 Å². The van der Waals surface area contributed by atoms with Crippen LogP contribution in [-0.2, 0) is 13.0 Å². The van der Waals surface area contributed by atoms with Crippen LogP contribution in [-0.4, -0.2) is 19.7 Å². The summed E-state index contributed by atoms with van der Waals surface area (Å²) in [5.41, 5.74) is 5.64. The van der Waals surface area contributed by atoms with Crippen molar-refractivity contribution in [1.82, 2.24) is 5.32 Å². The molecule has 5 rings (SSSR count). The fraction of sp³-hybridized carbons (Fsp3) is 0.379. The summed E-state index contributed by atoms with van der Waals surface area (Å²) >= 11 is 0. The average Bonchev–Trinajstić information content (AvgIpc) is 3.63. The largest absolute Gasteiger partial charge is 0.497 e. The van der Waals surface area contributed by atoms with Crippen molar-refractivity contribution in [3.05, 3.63) is 95.1 Å². The van der Waals surface area contributed by atoms with Crippen LogP contribution in [0.1, 0.15) is 59.8 Å². The lowest BCUT2D eigenvalue weighted by Gasteiger charge is -2.26. The van der Waals surface area contributed by atoms with E-state index in [1.165, 1.54) is 54.4 Å². The Labute approximate surface area is 191 Å². The summed E-state index contributed by atoms with van der Waals surface area (Å²) in [6.45, 7) is 1.70. The van der Waals surface area contributed by atoms with E-state index in [4.69, 9.17) is 9.47 Å². The van der Waals surface area contributed by atoms with Gasteiger partial charge in [0.2, 0.25) is 0 Å². The van der Waals surface area contributed by atoms with Gasteiger partial charge in [0.25, 0.3) is 0 Å². The Balaban J connectivity index is 1.09. The molecule has 3 atom stereocenters. The van der Waals surface area contributed by atoms with E-state index in [1.54, 1.807) is 7.11 Å². The molecule has 0 spiro atoms. The third kappa shape index (κ3) is 4.99. The standard InChI is InChI=1S/C29H33NO2/c1-31-26-15-12-22-8-5-9-23(27(22)18-26)16-17-30-29-19-28(29)24-10-13-25(14-11-24)32-20-21-6-3-2-4-7-21/h2-4,6-7,10-15,18,23,28-30H,5,8-9,16-17,19-20H2,1H3/t23?,28-,29+/m1/s1. The van der Waals surface area contributed by atoms with Crippen LogP contribution in [0.25, 0.3) is 0 Å². The molecular weight excluding hydrogens is 394 g/mol. The van der Waals surface area contributed by atoms with Gasteiger partial charge in [-0.15, -0.1) is 0 Å². The van der Waals surface area contributed by atoms with Crippen LogP contribution < -0.4 is 14.8 Å². The van der Waals surface area contributed by atoms with Crippen LogP contribution in [0.4, 0.5) is 0 Å². The predicted molar refractivity (Wildman–Crippen MR) is 130 cm³/mol. The van der Waals surface area contributed by atoms with E-state index in [2.05, 4.69) is 59.9 Å². The Morgan fingerprint density at radius 1 is 0.938 bits per heavy atom. The van der Waals surface area contributed by atoms with Crippen LogP contribution in [0.2, 0.25) is 0 Å². The van der Waals surface area contributed by atoms with Crippen LogP contribution in [0.5, 0.6) is 11.5 Å². The first-order valence-electron chi connectivity index (χ1n) is 12.0. The molecule has 1 saturated carbocycles. The molecule has 166 valence electrons. The zero-order chi connectivity index (χ0) is 21.8. The first kappa shape index (κ1) is 21.1. The molecule has 3 nitrogen and oxygen atoms in total. The Hall–Kier alpha value is -2.78. The van der Waals surface area contributed by atoms with Crippen molar-refractivity contribution in [3.63, 3.8) is 0 Å². The van der Waals surface area contributed by atoms with Gasteiger partial charge < -0.3 is 14.8 Å². The van der Waals surface area contributed by atoms with Gasteiger partial charge in [0.05, 0.1) is 7.11 Å². The maximum absolute atomic E-state index is 5.93. The van der Waals surface area contributed by atoms with Gasteiger partial charge in [0.1, 0.15) is 18.1 Å². The van der Waals surface area contributed by atoms with Gasteiger partial charge >= 0.3 is 0 Å². The van der Waals surface area contributed by atoms with E-state index >= 15 is 0 Å². The number of hydrogen-bond acceptors (Lipinski definition) is 3. The van der Waals surface area contributed by atoms with Crippen molar-refractivity contribution in [2.45, 2.75) is 56.6 Å². The lowest BCUT2D eigenvalue weighted by Crippen LogP contribution is -2.22. The molecule has 0 bridgehead atoms. The third-order valence-electron chi connectivity index (χ3n) is 7.04. The van der Waals surface area contributed by atoms with Gasteiger partial charge in [-0.05, 0) is 91.1 Å². The molecular formula is C29H33NO2. The monoisotopic (exact) mass is 427 g/mol. The summed E-state index contributed by atoms with van der Waals surface area (Å²) in [5, 5.41) is 3.81. The molecule has 3 aromatic carbocycles. The Bertz CT molecular complexity index is 1020. The van der Waals surface area contributed by atoms with Crippen molar-refractivity contribution >= 4 is 0 Å². The molecule has 2 aliphatic rings. The van der Waals surface area contributed by atoms with Crippen molar-refractivity contribution in [1.29, 1.82) is 0 Å². The highest BCUT2D eigenvalue weighted by Crippen LogP contribution is 2.42. The summed E-state index contributed by atoms with van der Waals surface area (Å²) in [4.78, 5) is 0. The Morgan fingerprint density at radius 3 is 2.56 bits per heavy atom.